The Kier molecular flexibility index (Phi) is 3.71. The molecule has 2 aromatic carbocycles. The van der Waals surface area contributed by atoms with Crippen molar-refractivity contribution in [3.63, 3.8) is 0 Å². The molecule has 0 unspecified atom stereocenters. The lowest BCUT2D eigenvalue weighted by atomic mass is 9.85. The van der Waals surface area contributed by atoms with Gasteiger partial charge in [-0.25, -0.2) is 0 Å². The number of benzene rings is 2. The van der Waals surface area contributed by atoms with Gasteiger partial charge < -0.3 is 15.4 Å². The number of carbonyl (C=O) groups is 2. The summed E-state index contributed by atoms with van der Waals surface area (Å²) in [6, 6.07) is 15.1. The van der Waals surface area contributed by atoms with Gasteiger partial charge in [-0.1, -0.05) is 36.4 Å². The third kappa shape index (κ3) is 2.56. The highest BCUT2D eigenvalue weighted by molar-refractivity contribution is 6.00. The molecule has 0 fully saturated rings. The molecule has 0 bridgehead atoms. The van der Waals surface area contributed by atoms with Crippen LogP contribution in [-0.4, -0.2) is 24.0 Å². The fourth-order valence-corrected chi connectivity index (χ4v) is 3.89. The molecule has 0 radical (unpaired) electrons. The van der Waals surface area contributed by atoms with E-state index in [1.165, 1.54) is 0 Å². The molecule has 0 aliphatic carbocycles. The number of para-hydroxylation sites is 2. The van der Waals surface area contributed by atoms with E-state index >= 15 is 0 Å². The zero-order valence-corrected chi connectivity index (χ0v) is 14.0. The maximum absolute atomic E-state index is 13.2. The average molecular weight is 336 g/mol. The van der Waals surface area contributed by atoms with Gasteiger partial charge in [-0.2, -0.15) is 0 Å². The summed E-state index contributed by atoms with van der Waals surface area (Å²) in [5.74, 6) is -0.0132. The zero-order chi connectivity index (χ0) is 17.6. The third-order valence-electron chi connectivity index (χ3n) is 5.09. The number of rotatable bonds is 2. The number of nitrogens with zero attached hydrogens (tertiary/aromatic N) is 1. The lowest BCUT2D eigenvalue weighted by molar-refractivity contribution is -0.126. The number of anilines is 1. The molecule has 2 aromatic rings. The van der Waals surface area contributed by atoms with Crippen molar-refractivity contribution >= 4 is 17.5 Å². The van der Waals surface area contributed by atoms with Gasteiger partial charge in [-0.15, -0.1) is 0 Å². The van der Waals surface area contributed by atoms with Gasteiger partial charge >= 0.3 is 0 Å². The first kappa shape index (κ1) is 15.7. The molecule has 2 heterocycles. The molecule has 2 amide bonds. The van der Waals surface area contributed by atoms with Crippen LogP contribution in [0.4, 0.5) is 5.69 Å². The number of fused-ring (bicyclic) bond motifs is 2. The standard InChI is InChI=1S/C20H20N2O3/c1-12-10-15(19(21)23)14-7-3-4-8-16(14)22(12)20(24)18-11-13-6-2-5-9-17(13)25-18/h2-9,12,15,18H,10-11H2,1H3,(H2,21,23)/t12-,15+,18-/m1/s1. The van der Waals surface area contributed by atoms with Crippen LogP contribution in [0.2, 0.25) is 0 Å². The predicted octanol–water partition coefficient (Wildman–Crippen LogP) is 2.38. The van der Waals surface area contributed by atoms with Crippen molar-refractivity contribution in [3.05, 3.63) is 59.7 Å². The van der Waals surface area contributed by atoms with Crippen LogP contribution in [-0.2, 0) is 16.0 Å². The van der Waals surface area contributed by atoms with Crippen LogP contribution >= 0.6 is 0 Å². The van der Waals surface area contributed by atoms with Crippen LogP contribution < -0.4 is 15.4 Å². The minimum Gasteiger partial charge on any atom is -0.480 e. The highest BCUT2D eigenvalue weighted by Gasteiger charge is 2.40. The number of hydrogen-bond donors (Lipinski definition) is 1. The second-order valence-corrected chi connectivity index (χ2v) is 6.73. The second-order valence-electron chi connectivity index (χ2n) is 6.73. The van der Waals surface area contributed by atoms with Crippen LogP contribution in [0.15, 0.2) is 48.5 Å². The smallest absolute Gasteiger partial charge is 0.268 e. The number of hydrogen-bond acceptors (Lipinski definition) is 3. The largest absolute Gasteiger partial charge is 0.480 e. The molecule has 128 valence electrons. The number of nitrogens with two attached hydrogens (primary N) is 1. The van der Waals surface area contributed by atoms with E-state index in [-0.39, 0.29) is 23.8 Å². The maximum Gasteiger partial charge on any atom is 0.268 e. The van der Waals surface area contributed by atoms with E-state index in [0.717, 1.165) is 22.6 Å². The molecule has 0 saturated carbocycles. The number of carbonyl (C=O) groups excluding carboxylic acids is 2. The molecular weight excluding hydrogens is 316 g/mol. The van der Waals surface area contributed by atoms with Crippen LogP contribution in [0, 0.1) is 0 Å². The van der Waals surface area contributed by atoms with Crippen molar-refractivity contribution in [2.24, 2.45) is 5.73 Å². The molecule has 0 aromatic heterocycles. The number of primary amides is 1. The summed E-state index contributed by atoms with van der Waals surface area (Å²) < 4.78 is 5.88. The first-order chi connectivity index (χ1) is 12.1. The Labute approximate surface area is 146 Å². The van der Waals surface area contributed by atoms with E-state index in [1.807, 2.05) is 55.5 Å². The van der Waals surface area contributed by atoms with E-state index in [0.29, 0.717) is 12.8 Å². The van der Waals surface area contributed by atoms with Crippen molar-refractivity contribution in [2.75, 3.05) is 4.90 Å². The highest BCUT2D eigenvalue weighted by Crippen LogP contribution is 2.39. The molecule has 4 rings (SSSR count). The fraction of sp³-hybridized carbons (Fsp3) is 0.300. The summed E-state index contributed by atoms with van der Waals surface area (Å²) in [4.78, 5) is 26.8. The molecule has 3 atom stereocenters. The Morgan fingerprint density at radius 2 is 1.84 bits per heavy atom. The summed E-state index contributed by atoms with van der Waals surface area (Å²) >= 11 is 0. The molecule has 25 heavy (non-hydrogen) atoms. The first-order valence-corrected chi connectivity index (χ1v) is 8.52. The van der Waals surface area contributed by atoms with Gasteiger partial charge in [0.05, 0.1) is 5.92 Å². The molecule has 2 N–H and O–H groups in total. The van der Waals surface area contributed by atoms with Gasteiger partial charge in [0.2, 0.25) is 5.91 Å². The van der Waals surface area contributed by atoms with Gasteiger partial charge in [0.1, 0.15) is 5.75 Å². The van der Waals surface area contributed by atoms with E-state index in [9.17, 15) is 9.59 Å². The van der Waals surface area contributed by atoms with E-state index in [2.05, 4.69) is 0 Å². The summed E-state index contributed by atoms with van der Waals surface area (Å²) in [5, 5.41) is 0. The molecular formula is C20H20N2O3. The minimum absolute atomic E-state index is 0.0703. The zero-order valence-electron chi connectivity index (χ0n) is 14.0. The minimum atomic E-state index is -0.530. The summed E-state index contributed by atoms with van der Waals surface area (Å²) in [6.07, 6.45) is 0.565. The van der Waals surface area contributed by atoms with E-state index in [1.54, 1.807) is 4.90 Å². The topological polar surface area (TPSA) is 72.6 Å². The first-order valence-electron chi connectivity index (χ1n) is 8.52. The van der Waals surface area contributed by atoms with Crippen LogP contribution in [0.5, 0.6) is 5.75 Å². The second kappa shape index (κ2) is 5.92. The SMILES string of the molecule is C[C@@H]1C[C@H](C(N)=O)c2ccccc2N1C(=O)[C@H]1Cc2ccccc2O1. The summed E-state index contributed by atoms with van der Waals surface area (Å²) in [5.41, 5.74) is 8.20. The Hall–Kier alpha value is -2.82. The molecule has 2 aliphatic heterocycles. The number of ether oxygens (including phenoxy) is 1. The Morgan fingerprint density at radius 3 is 2.60 bits per heavy atom. The number of amides is 2. The van der Waals surface area contributed by atoms with Gasteiger partial charge in [-0.3, -0.25) is 9.59 Å². The molecule has 0 spiro atoms. The van der Waals surface area contributed by atoms with E-state index in [4.69, 9.17) is 10.5 Å². The van der Waals surface area contributed by atoms with Crippen LogP contribution in [0.25, 0.3) is 0 Å². The van der Waals surface area contributed by atoms with Gasteiger partial charge in [0, 0.05) is 18.2 Å². The Morgan fingerprint density at radius 1 is 1.12 bits per heavy atom. The fourth-order valence-electron chi connectivity index (χ4n) is 3.89. The molecule has 2 aliphatic rings. The summed E-state index contributed by atoms with van der Waals surface area (Å²) in [6.45, 7) is 1.95. The molecule has 5 nitrogen and oxygen atoms in total. The van der Waals surface area contributed by atoms with Gasteiger partial charge in [0.25, 0.3) is 5.91 Å². The average Bonchev–Trinajstić information content (AvgIpc) is 3.04. The maximum atomic E-state index is 13.2. The van der Waals surface area contributed by atoms with Crippen molar-refractivity contribution in [1.82, 2.24) is 0 Å². The van der Waals surface area contributed by atoms with E-state index < -0.39 is 6.10 Å². The van der Waals surface area contributed by atoms with Gasteiger partial charge in [0.15, 0.2) is 6.10 Å². The summed E-state index contributed by atoms with van der Waals surface area (Å²) in [7, 11) is 0. The highest BCUT2D eigenvalue weighted by atomic mass is 16.5. The lowest BCUT2D eigenvalue weighted by Gasteiger charge is -2.39. The van der Waals surface area contributed by atoms with Crippen molar-refractivity contribution < 1.29 is 14.3 Å². The molecule has 0 saturated heterocycles. The third-order valence-corrected chi connectivity index (χ3v) is 5.09. The van der Waals surface area contributed by atoms with Crippen molar-refractivity contribution in [1.29, 1.82) is 0 Å². The lowest BCUT2D eigenvalue weighted by Crippen LogP contribution is -2.50. The van der Waals surface area contributed by atoms with Crippen molar-refractivity contribution in [3.8, 4) is 5.75 Å². The van der Waals surface area contributed by atoms with Crippen LogP contribution in [0.1, 0.15) is 30.4 Å². The normalized spacial score (nSPS) is 24.2. The Bertz CT molecular complexity index is 823. The monoisotopic (exact) mass is 336 g/mol. The Balaban J connectivity index is 1.67. The van der Waals surface area contributed by atoms with Crippen LogP contribution in [0.3, 0.4) is 0 Å². The van der Waals surface area contributed by atoms with Crippen molar-refractivity contribution in [2.45, 2.75) is 37.8 Å². The predicted molar refractivity (Wildman–Crippen MR) is 94.5 cm³/mol. The molecule has 5 heteroatoms. The van der Waals surface area contributed by atoms with Gasteiger partial charge in [-0.05, 0) is 36.6 Å². The quantitative estimate of drug-likeness (QED) is 0.915.